The van der Waals surface area contributed by atoms with Gasteiger partial charge in [0, 0.05) is 5.39 Å². The number of aromatic nitrogens is 2. The summed E-state index contributed by atoms with van der Waals surface area (Å²) in [6.07, 6.45) is -9.09. The Bertz CT molecular complexity index is 1280. The maximum Gasteiger partial charge on any atom is 0.416 e. The number of allylic oxidation sites excluding steroid dienone is 1. The minimum Gasteiger partial charge on any atom is -0.282 e. The predicted molar refractivity (Wildman–Crippen MR) is 104 cm³/mol. The van der Waals surface area contributed by atoms with Crippen molar-refractivity contribution in [3.8, 4) is 0 Å². The fourth-order valence-corrected chi connectivity index (χ4v) is 4.10. The number of benzene rings is 2. The molecule has 1 aliphatic rings. The average Bonchev–Trinajstić information content (AvgIpc) is 3.29. The monoisotopic (exact) mass is 471 g/mol. The third kappa shape index (κ3) is 4.22. The van der Waals surface area contributed by atoms with Crippen LogP contribution in [0.15, 0.2) is 47.5 Å². The van der Waals surface area contributed by atoms with E-state index in [-0.39, 0.29) is 16.5 Å². The first-order valence-corrected chi connectivity index (χ1v) is 9.72. The van der Waals surface area contributed by atoms with Gasteiger partial charge >= 0.3 is 12.4 Å². The molecule has 2 heterocycles. The first-order chi connectivity index (χ1) is 14.9. The second-order valence-corrected chi connectivity index (χ2v) is 7.85. The molecule has 0 bridgehead atoms. The second kappa shape index (κ2) is 7.69. The van der Waals surface area contributed by atoms with Crippen LogP contribution in [0.1, 0.15) is 22.3 Å². The number of hydrogen-bond donors (Lipinski definition) is 2. The zero-order chi connectivity index (χ0) is 23.3. The largest absolute Gasteiger partial charge is 0.416 e. The maximum atomic E-state index is 13.6. The molecule has 2 amide bonds. The van der Waals surface area contributed by atoms with Gasteiger partial charge in [0.1, 0.15) is 0 Å². The Hall–Kier alpha value is -3.28. The molecule has 0 spiro atoms. The zero-order valence-corrected chi connectivity index (χ0v) is 16.5. The van der Waals surface area contributed by atoms with E-state index in [1.54, 1.807) is 12.1 Å². The number of nitrogens with zero attached hydrogens (tertiary/aromatic N) is 1. The van der Waals surface area contributed by atoms with Gasteiger partial charge in [-0.25, -0.2) is 0 Å². The van der Waals surface area contributed by atoms with Crippen molar-refractivity contribution in [2.45, 2.75) is 18.8 Å². The molecule has 2 aromatic carbocycles. The number of aromatic amines is 1. The first-order valence-electron chi connectivity index (χ1n) is 8.90. The van der Waals surface area contributed by atoms with Crippen LogP contribution in [0.4, 0.5) is 31.1 Å². The number of halogens is 6. The van der Waals surface area contributed by atoms with Crippen LogP contribution in [-0.2, 0) is 23.6 Å². The number of fused-ring (bicyclic) bond motifs is 1. The van der Waals surface area contributed by atoms with Gasteiger partial charge < -0.3 is 0 Å². The molecular weight excluding hydrogens is 460 g/mol. The minimum atomic E-state index is -5.07. The van der Waals surface area contributed by atoms with Crippen molar-refractivity contribution >= 4 is 39.4 Å². The lowest BCUT2D eigenvalue weighted by Crippen LogP contribution is -2.19. The summed E-state index contributed by atoms with van der Waals surface area (Å²) in [6, 6.07) is 6.02. The molecule has 1 aromatic heterocycles. The van der Waals surface area contributed by atoms with Crippen LogP contribution in [0, 0.1) is 0 Å². The Labute approximate surface area is 179 Å². The van der Waals surface area contributed by atoms with E-state index >= 15 is 0 Å². The summed E-state index contributed by atoms with van der Waals surface area (Å²) in [4.78, 5) is 23.8. The van der Waals surface area contributed by atoms with Gasteiger partial charge in [0.25, 0.3) is 11.1 Å². The van der Waals surface area contributed by atoms with Crippen molar-refractivity contribution in [1.29, 1.82) is 0 Å². The van der Waals surface area contributed by atoms with Crippen LogP contribution in [0.2, 0.25) is 0 Å². The maximum absolute atomic E-state index is 13.6. The molecule has 0 radical (unpaired) electrons. The first kappa shape index (κ1) is 21.9. The van der Waals surface area contributed by atoms with Gasteiger partial charge in [0.15, 0.2) is 0 Å². The molecule has 0 saturated carbocycles. The lowest BCUT2D eigenvalue weighted by atomic mass is 9.92. The molecule has 0 atom stereocenters. The summed E-state index contributed by atoms with van der Waals surface area (Å²) >= 11 is 0.519. The van der Waals surface area contributed by atoms with Crippen molar-refractivity contribution in [3.05, 3.63) is 69.8 Å². The average molecular weight is 471 g/mol. The van der Waals surface area contributed by atoms with Gasteiger partial charge in [-0.3, -0.25) is 20.0 Å². The number of hydrogen-bond acceptors (Lipinski definition) is 4. The fraction of sp³-hybridized carbons (Fsp3) is 0.150. The number of carbonyl (C=O) groups is 2. The number of amides is 2. The van der Waals surface area contributed by atoms with Crippen LogP contribution in [-0.4, -0.2) is 21.3 Å². The zero-order valence-electron chi connectivity index (χ0n) is 15.7. The lowest BCUT2D eigenvalue weighted by molar-refractivity contribution is -0.143. The Kier molecular flexibility index (Phi) is 5.27. The number of nitrogens with one attached hydrogen (secondary N) is 2. The fourth-order valence-electron chi connectivity index (χ4n) is 3.32. The van der Waals surface area contributed by atoms with Crippen LogP contribution in [0.5, 0.6) is 0 Å². The number of imide groups is 1. The summed E-state index contributed by atoms with van der Waals surface area (Å²) in [7, 11) is 0. The summed E-state index contributed by atoms with van der Waals surface area (Å²) in [5.74, 6) is -0.789. The molecule has 32 heavy (non-hydrogen) atoms. The molecule has 2 N–H and O–H groups in total. The van der Waals surface area contributed by atoms with Crippen LogP contribution in [0.25, 0.3) is 16.5 Å². The SMILES string of the molecule is O=C1NC(=O)C(=C(Cc2ccc(C(F)(F)F)cc2C(F)(F)F)c2ccc3[nH]ncc3c2)S1. The standard InChI is InChI=1S/C20H11F6N3O2S/c21-19(22,23)12-3-1-10(14(7-12)20(24,25)26)6-13(16-17(30)28-18(31)32-16)9-2-4-15-11(5-9)8-27-29-15/h1-5,7-8H,6H2,(H,27,29)(H,28,30,31). The second-order valence-electron chi connectivity index (χ2n) is 6.87. The highest BCUT2D eigenvalue weighted by molar-refractivity contribution is 8.18. The van der Waals surface area contributed by atoms with Gasteiger partial charge in [-0.1, -0.05) is 12.1 Å². The van der Waals surface area contributed by atoms with Crippen molar-refractivity contribution in [1.82, 2.24) is 15.5 Å². The molecule has 166 valence electrons. The third-order valence-corrected chi connectivity index (χ3v) is 5.71. The Balaban J connectivity index is 1.88. The van der Waals surface area contributed by atoms with Crippen LogP contribution in [0.3, 0.4) is 0 Å². The highest BCUT2D eigenvalue weighted by Gasteiger charge is 2.39. The van der Waals surface area contributed by atoms with Crippen molar-refractivity contribution in [3.63, 3.8) is 0 Å². The van der Waals surface area contributed by atoms with Crippen LogP contribution >= 0.6 is 11.8 Å². The van der Waals surface area contributed by atoms with E-state index in [9.17, 15) is 35.9 Å². The predicted octanol–water partition coefficient (Wildman–Crippen LogP) is 5.54. The van der Waals surface area contributed by atoms with E-state index in [0.29, 0.717) is 34.3 Å². The molecule has 5 nitrogen and oxygen atoms in total. The third-order valence-electron chi connectivity index (χ3n) is 4.79. The summed E-state index contributed by atoms with van der Waals surface area (Å²) in [6.45, 7) is 0. The highest BCUT2D eigenvalue weighted by Crippen LogP contribution is 2.41. The summed E-state index contributed by atoms with van der Waals surface area (Å²) in [5, 5.41) is 8.51. The van der Waals surface area contributed by atoms with E-state index in [2.05, 4.69) is 10.2 Å². The number of rotatable bonds is 3. The van der Waals surface area contributed by atoms with Gasteiger partial charge in [0.05, 0.1) is 27.7 Å². The van der Waals surface area contributed by atoms with E-state index in [1.807, 2.05) is 5.32 Å². The Morgan fingerprint density at radius 1 is 0.969 bits per heavy atom. The Morgan fingerprint density at radius 2 is 1.72 bits per heavy atom. The number of H-pyrrole nitrogens is 1. The van der Waals surface area contributed by atoms with Crippen molar-refractivity contribution < 1.29 is 35.9 Å². The molecule has 0 unspecified atom stereocenters. The smallest absolute Gasteiger partial charge is 0.282 e. The van der Waals surface area contributed by atoms with Crippen LogP contribution < -0.4 is 5.32 Å². The van der Waals surface area contributed by atoms with E-state index in [4.69, 9.17) is 0 Å². The topological polar surface area (TPSA) is 74.8 Å². The lowest BCUT2D eigenvalue weighted by Gasteiger charge is -2.18. The number of thioether (sulfide) groups is 1. The number of alkyl halides is 6. The van der Waals surface area contributed by atoms with E-state index < -0.39 is 46.6 Å². The van der Waals surface area contributed by atoms with Gasteiger partial charge in [-0.05, 0) is 59.1 Å². The van der Waals surface area contributed by atoms with Gasteiger partial charge in [-0.15, -0.1) is 0 Å². The minimum absolute atomic E-state index is 0.0455. The quantitative estimate of drug-likeness (QED) is 0.389. The Morgan fingerprint density at radius 3 is 2.34 bits per heavy atom. The molecule has 12 heteroatoms. The molecule has 4 rings (SSSR count). The molecule has 0 aliphatic carbocycles. The van der Waals surface area contributed by atoms with E-state index in [0.717, 1.165) is 6.07 Å². The van der Waals surface area contributed by atoms with Gasteiger partial charge in [0.2, 0.25) is 0 Å². The summed E-state index contributed by atoms with van der Waals surface area (Å²) < 4.78 is 79.8. The molecule has 1 fully saturated rings. The van der Waals surface area contributed by atoms with Crippen molar-refractivity contribution in [2.24, 2.45) is 0 Å². The molecule has 1 saturated heterocycles. The molecular formula is C20H11F6N3O2S. The normalized spacial score (nSPS) is 16.6. The van der Waals surface area contributed by atoms with Crippen molar-refractivity contribution in [2.75, 3.05) is 0 Å². The highest BCUT2D eigenvalue weighted by atomic mass is 32.2. The molecule has 1 aliphatic heterocycles. The summed E-state index contributed by atoms with van der Waals surface area (Å²) in [5.41, 5.74) is -2.34. The molecule has 3 aromatic rings. The van der Waals surface area contributed by atoms with E-state index in [1.165, 1.54) is 12.3 Å². The van der Waals surface area contributed by atoms with Gasteiger partial charge in [-0.2, -0.15) is 31.4 Å². The number of carbonyl (C=O) groups excluding carboxylic acids is 2.